The van der Waals surface area contributed by atoms with Crippen LogP contribution >= 0.6 is 12.2 Å². The lowest BCUT2D eigenvalue weighted by Gasteiger charge is -2.17. The molecule has 2 N–H and O–H groups in total. The molecule has 0 saturated carbocycles. The highest BCUT2D eigenvalue weighted by Gasteiger charge is 2.29. The summed E-state index contributed by atoms with van der Waals surface area (Å²) in [6.45, 7) is 1.07. The molecule has 9 nitrogen and oxygen atoms in total. The Morgan fingerprint density at radius 1 is 1.38 bits per heavy atom. The van der Waals surface area contributed by atoms with Crippen LogP contribution in [0.25, 0.3) is 11.2 Å². The molecule has 26 heavy (non-hydrogen) atoms. The summed E-state index contributed by atoms with van der Waals surface area (Å²) in [6, 6.07) is 3.80. The van der Waals surface area contributed by atoms with E-state index < -0.39 is 0 Å². The second kappa shape index (κ2) is 7.62. The zero-order valence-electron chi connectivity index (χ0n) is 14.3. The third-order valence-corrected chi connectivity index (χ3v) is 4.66. The maximum Gasteiger partial charge on any atom is 0.167 e. The number of furan rings is 1. The highest BCUT2D eigenvalue weighted by molar-refractivity contribution is 7.92. The molecule has 0 aromatic carbocycles. The first-order chi connectivity index (χ1) is 12.8. The Labute approximate surface area is 154 Å². The van der Waals surface area contributed by atoms with E-state index in [-0.39, 0.29) is 12.3 Å². The SMILES string of the molecule is CN(Cc1ccco1)c1ncnc2c1ncn2C1CCC(COSN)O1. The van der Waals surface area contributed by atoms with Crippen LogP contribution < -0.4 is 10.0 Å². The van der Waals surface area contributed by atoms with Gasteiger partial charge in [-0.15, -0.1) is 0 Å². The van der Waals surface area contributed by atoms with Crippen LogP contribution in [0.4, 0.5) is 5.82 Å². The molecule has 2 unspecified atom stereocenters. The summed E-state index contributed by atoms with van der Waals surface area (Å²) in [6.07, 6.45) is 6.65. The Morgan fingerprint density at radius 2 is 2.31 bits per heavy atom. The lowest BCUT2D eigenvalue weighted by Crippen LogP contribution is -2.18. The number of hydrogen-bond donors (Lipinski definition) is 1. The first-order valence-electron chi connectivity index (χ1n) is 8.31. The van der Waals surface area contributed by atoms with Crippen molar-refractivity contribution in [3.05, 3.63) is 36.8 Å². The van der Waals surface area contributed by atoms with Crippen LogP contribution in [0.15, 0.2) is 35.5 Å². The van der Waals surface area contributed by atoms with Crippen LogP contribution in [0.1, 0.15) is 24.8 Å². The van der Waals surface area contributed by atoms with Crippen molar-refractivity contribution in [2.75, 3.05) is 18.6 Å². The lowest BCUT2D eigenvalue weighted by molar-refractivity contribution is -0.0128. The van der Waals surface area contributed by atoms with Gasteiger partial charge in [0.25, 0.3) is 0 Å². The smallest absolute Gasteiger partial charge is 0.167 e. The Balaban J connectivity index is 1.55. The molecular weight excluding hydrogens is 356 g/mol. The quantitative estimate of drug-likeness (QED) is 0.491. The van der Waals surface area contributed by atoms with E-state index in [0.717, 1.165) is 47.8 Å². The van der Waals surface area contributed by atoms with E-state index in [1.165, 1.54) is 0 Å². The fourth-order valence-corrected chi connectivity index (χ4v) is 3.40. The predicted molar refractivity (Wildman–Crippen MR) is 97.0 cm³/mol. The van der Waals surface area contributed by atoms with Crippen LogP contribution in [0, 0.1) is 0 Å². The molecule has 1 fully saturated rings. The molecule has 0 radical (unpaired) electrons. The summed E-state index contributed by atoms with van der Waals surface area (Å²) < 4.78 is 18.6. The van der Waals surface area contributed by atoms with Crippen LogP contribution in [-0.2, 0) is 15.5 Å². The number of nitrogens with zero attached hydrogens (tertiary/aromatic N) is 5. The largest absolute Gasteiger partial charge is 0.467 e. The zero-order valence-corrected chi connectivity index (χ0v) is 15.1. The number of hydrogen-bond acceptors (Lipinski definition) is 9. The number of rotatable bonds is 7. The highest BCUT2D eigenvalue weighted by Crippen LogP contribution is 2.32. The van der Waals surface area contributed by atoms with Crippen molar-refractivity contribution in [1.29, 1.82) is 0 Å². The van der Waals surface area contributed by atoms with Gasteiger partial charge in [-0.05, 0) is 25.0 Å². The minimum absolute atomic E-state index is 0.0245. The Bertz CT molecular complexity index is 855. The maximum atomic E-state index is 6.04. The van der Waals surface area contributed by atoms with Gasteiger partial charge >= 0.3 is 0 Å². The van der Waals surface area contributed by atoms with Gasteiger partial charge in [0.1, 0.15) is 18.3 Å². The second-order valence-corrected chi connectivity index (χ2v) is 6.56. The van der Waals surface area contributed by atoms with Crippen molar-refractivity contribution >= 4 is 29.2 Å². The van der Waals surface area contributed by atoms with Gasteiger partial charge in [0, 0.05) is 7.05 Å². The van der Waals surface area contributed by atoms with Gasteiger partial charge in [-0.3, -0.25) is 13.9 Å². The molecule has 1 aliphatic heterocycles. The zero-order chi connectivity index (χ0) is 17.9. The molecule has 1 aliphatic rings. The standard InChI is InChI=1S/C16H20N6O3S/c1-21(7-11-3-2-6-23-11)15-14-16(19-9-18-15)22(10-20-14)13-5-4-12(25-13)8-24-26-17/h2-3,6,9-10,12-13H,4-5,7-8,17H2,1H3. The van der Waals surface area contributed by atoms with E-state index in [0.29, 0.717) is 13.2 Å². The van der Waals surface area contributed by atoms with Crippen LogP contribution in [0.5, 0.6) is 0 Å². The monoisotopic (exact) mass is 376 g/mol. The summed E-state index contributed by atoms with van der Waals surface area (Å²) in [5.74, 6) is 1.61. The fourth-order valence-electron chi connectivity index (χ4n) is 3.17. The average Bonchev–Trinajstić information content (AvgIpc) is 3.39. The van der Waals surface area contributed by atoms with E-state index in [9.17, 15) is 0 Å². The Kier molecular flexibility index (Phi) is 5.07. The van der Waals surface area contributed by atoms with Gasteiger partial charge in [-0.25, -0.2) is 15.0 Å². The number of imidazole rings is 1. The summed E-state index contributed by atoms with van der Waals surface area (Å²) >= 11 is 0.863. The molecule has 0 amide bonds. The van der Waals surface area contributed by atoms with E-state index in [1.807, 2.05) is 28.6 Å². The summed E-state index contributed by atoms with van der Waals surface area (Å²) in [7, 11) is 1.95. The highest BCUT2D eigenvalue weighted by atomic mass is 32.2. The van der Waals surface area contributed by atoms with Crippen LogP contribution in [0.2, 0.25) is 0 Å². The summed E-state index contributed by atoms with van der Waals surface area (Å²) in [5, 5.41) is 5.30. The number of fused-ring (bicyclic) bond motifs is 1. The molecule has 10 heteroatoms. The van der Waals surface area contributed by atoms with E-state index >= 15 is 0 Å². The molecule has 138 valence electrons. The van der Waals surface area contributed by atoms with Gasteiger partial charge in [-0.1, -0.05) is 0 Å². The van der Waals surface area contributed by atoms with Gasteiger partial charge in [0.2, 0.25) is 0 Å². The molecule has 1 saturated heterocycles. The molecule has 0 bridgehead atoms. The lowest BCUT2D eigenvalue weighted by atomic mass is 10.2. The number of nitrogens with two attached hydrogens (primary N) is 1. The minimum atomic E-state index is -0.116. The number of aromatic nitrogens is 4. The van der Waals surface area contributed by atoms with Crippen molar-refractivity contribution in [2.24, 2.45) is 5.14 Å². The molecule has 3 aromatic heterocycles. The van der Waals surface area contributed by atoms with Gasteiger partial charge in [0.05, 0.1) is 44.1 Å². The predicted octanol–water partition coefficient (Wildman–Crippen LogP) is 2.27. The molecule has 2 atom stereocenters. The first kappa shape index (κ1) is 17.3. The maximum absolute atomic E-state index is 6.04. The third-order valence-electron chi connectivity index (χ3n) is 4.39. The van der Waals surface area contributed by atoms with Crippen molar-refractivity contribution < 1.29 is 13.3 Å². The third kappa shape index (κ3) is 3.40. The summed E-state index contributed by atoms with van der Waals surface area (Å²) in [4.78, 5) is 15.3. The van der Waals surface area contributed by atoms with Crippen LogP contribution in [0.3, 0.4) is 0 Å². The molecule has 0 spiro atoms. The second-order valence-electron chi connectivity index (χ2n) is 6.13. The topological polar surface area (TPSA) is 104 Å². The fraction of sp³-hybridized carbons (Fsp3) is 0.438. The van der Waals surface area contributed by atoms with Crippen molar-refractivity contribution in [3.63, 3.8) is 0 Å². The summed E-state index contributed by atoms with van der Waals surface area (Å²) in [5.41, 5.74) is 1.49. The Morgan fingerprint density at radius 3 is 3.12 bits per heavy atom. The molecular formula is C16H20N6O3S. The van der Waals surface area contributed by atoms with Gasteiger partial charge in [0.15, 0.2) is 17.0 Å². The van der Waals surface area contributed by atoms with E-state index in [2.05, 4.69) is 15.0 Å². The normalized spacial score (nSPS) is 20.1. The van der Waals surface area contributed by atoms with Gasteiger partial charge < -0.3 is 14.1 Å². The van der Waals surface area contributed by atoms with E-state index in [4.69, 9.17) is 18.5 Å². The van der Waals surface area contributed by atoms with Gasteiger partial charge in [-0.2, -0.15) is 0 Å². The Hall–Kier alpha value is -2.14. The van der Waals surface area contributed by atoms with Crippen LogP contribution in [-0.4, -0.2) is 39.3 Å². The number of anilines is 1. The minimum Gasteiger partial charge on any atom is -0.467 e. The van der Waals surface area contributed by atoms with Crippen molar-refractivity contribution in [3.8, 4) is 0 Å². The van der Waals surface area contributed by atoms with E-state index in [1.54, 1.807) is 18.9 Å². The molecule has 3 aromatic rings. The first-order valence-corrected chi connectivity index (χ1v) is 9.11. The van der Waals surface area contributed by atoms with Crippen molar-refractivity contribution in [1.82, 2.24) is 19.5 Å². The average molecular weight is 376 g/mol. The van der Waals surface area contributed by atoms with Crippen molar-refractivity contribution in [2.45, 2.75) is 31.7 Å². The molecule has 4 heterocycles. The molecule has 4 rings (SSSR count). The molecule has 0 aliphatic carbocycles. The number of ether oxygens (including phenoxy) is 1.